The first-order valence-corrected chi connectivity index (χ1v) is 14.4. The van der Waals surface area contributed by atoms with Crippen LogP contribution in [0.3, 0.4) is 0 Å². The van der Waals surface area contributed by atoms with Crippen molar-refractivity contribution in [3.8, 4) is 17.1 Å². The Morgan fingerprint density at radius 1 is 1.00 bits per heavy atom. The molecule has 0 spiro atoms. The Morgan fingerprint density at radius 2 is 1.82 bits per heavy atom. The minimum atomic E-state index is -1.09. The van der Waals surface area contributed by atoms with E-state index in [0.29, 0.717) is 36.7 Å². The number of benzene rings is 3. The third kappa shape index (κ3) is 6.37. The van der Waals surface area contributed by atoms with Gasteiger partial charge in [-0.3, -0.25) is 0 Å². The molecule has 1 fully saturated rings. The molecule has 8 nitrogen and oxygen atoms in total. The zero-order valence-electron chi connectivity index (χ0n) is 24.0. The van der Waals surface area contributed by atoms with Gasteiger partial charge in [-0.2, -0.15) is 0 Å². The zero-order chi connectivity index (χ0) is 31.7. The van der Waals surface area contributed by atoms with E-state index in [-0.39, 0.29) is 63.8 Å². The van der Waals surface area contributed by atoms with Crippen molar-refractivity contribution in [2.24, 2.45) is 5.92 Å². The number of aromatic nitrogens is 3. The molecular weight excluding hydrogens is 611 g/mol. The van der Waals surface area contributed by atoms with Gasteiger partial charge >= 0.3 is 5.97 Å². The van der Waals surface area contributed by atoms with Crippen LogP contribution in [0.2, 0.25) is 5.02 Å². The lowest BCUT2D eigenvalue weighted by Gasteiger charge is -2.22. The molecule has 1 aliphatic rings. The van der Waals surface area contributed by atoms with Crippen LogP contribution >= 0.6 is 11.6 Å². The van der Waals surface area contributed by atoms with Gasteiger partial charge in [-0.15, -0.1) is 0 Å². The van der Waals surface area contributed by atoms with E-state index in [0.717, 1.165) is 12.1 Å². The maximum Gasteiger partial charge on any atom is 0.335 e. The summed E-state index contributed by atoms with van der Waals surface area (Å²) in [5, 5.41) is 9.84. The van der Waals surface area contributed by atoms with Crippen LogP contribution in [0.5, 0.6) is 5.88 Å². The Kier molecular flexibility index (Phi) is 8.75. The number of carboxylic acid groups (broad SMARTS) is 1. The zero-order valence-corrected chi connectivity index (χ0v) is 24.7. The van der Waals surface area contributed by atoms with Crippen molar-refractivity contribution >= 4 is 28.6 Å². The SMILES string of the molecule is COC[C@H]1COC[C@H]1n1c(Cc2cc(F)c(-c3cccc(OCc4ccc(Cl)cc4F)n3)cc2F)nc2ccc(C(=O)O)cc21. The molecule has 12 heteroatoms. The van der Waals surface area contributed by atoms with E-state index in [2.05, 4.69) is 9.97 Å². The molecule has 3 aromatic carbocycles. The number of halogens is 4. The Morgan fingerprint density at radius 3 is 2.60 bits per heavy atom. The predicted molar refractivity (Wildman–Crippen MR) is 160 cm³/mol. The van der Waals surface area contributed by atoms with Gasteiger partial charge in [0.1, 0.15) is 29.9 Å². The van der Waals surface area contributed by atoms with Gasteiger partial charge in [0, 0.05) is 41.7 Å². The smallest absolute Gasteiger partial charge is 0.335 e. The molecule has 0 unspecified atom stereocenters. The molecule has 2 aromatic heterocycles. The van der Waals surface area contributed by atoms with Crippen LogP contribution in [0, 0.1) is 23.4 Å². The minimum Gasteiger partial charge on any atom is -0.478 e. The molecule has 0 amide bonds. The second kappa shape index (κ2) is 12.9. The number of aromatic carboxylic acids is 1. The second-order valence-electron chi connectivity index (χ2n) is 10.7. The standard InChI is InChI=1S/C33H27ClF3N3O5/c1-43-14-21-15-44-17-30(21)40-29-10-18(33(41)42)6-8-28(29)38-31(40)11-20-9-26(37)23(13-25(20)36)27-3-2-4-32(39-27)45-16-19-5-7-22(34)12-24(19)35/h2-10,12-13,21,30H,11,14-17H2,1H3,(H,41,42)/t21-,30+/m0/s1. The van der Waals surface area contributed by atoms with Crippen LogP contribution in [-0.2, 0) is 22.5 Å². The van der Waals surface area contributed by atoms with Crippen LogP contribution in [0.1, 0.15) is 33.4 Å². The number of nitrogens with zero attached hydrogens (tertiary/aromatic N) is 3. The van der Waals surface area contributed by atoms with E-state index in [4.69, 9.17) is 25.8 Å². The molecule has 6 rings (SSSR count). The number of pyridine rings is 1. The van der Waals surface area contributed by atoms with E-state index >= 15 is 8.78 Å². The predicted octanol–water partition coefficient (Wildman–Crippen LogP) is 6.87. The Labute approximate surface area is 261 Å². The molecule has 232 valence electrons. The number of ether oxygens (including phenoxy) is 3. The number of carbonyl (C=O) groups is 1. The van der Waals surface area contributed by atoms with Crippen molar-refractivity contribution in [3.63, 3.8) is 0 Å². The van der Waals surface area contributed by atoms with Gasteiger partial charge in [-0.05, 0) is 54.1 Å². The summed E-state index contributed by atoms with van der Waals surface area (Å²) in [5.74, 6) is -2.54. The molecule has 0 aliphatic carbocycles. The summed E-state index contributed by atoms with van der Waals surface area (Å²) < 4.78 is 63.9. The van der Waals surface area contributed by atoms with Crippen molar-refractivity contribution in [2.45, 2.75) is 19.1 Å². The first kappa shape index (κ1) is 30.6. The van der Waals surface area contributed by atoms with Crippen LogP contribution in [0.4, 0.5) is 13.2 Å². The number of methoxy groups -OCH3 is 1. The largest absolute Gasteiger partial charge is 0.478 e. The molecule has 3 heterocycles. The number of imidazole rings is 1. The van der Waals surface area contributed by atoms with Gasteiger partial charge in [0.2, 0.25) is 5.88 Å². The lowest BCUT2D eigenvalue weighted by atomic mass is 10.0. The number of rotatable bonds is 10. The summed E-state index contributed by atoms with van der Waals surface area (Å²) in [6, 6.07) is 15.3. The van der Waals surface area contributed by atoms with Crippen molar-refractivity contribution in [1.82, 2.24) is 14.5 Å². The molecule has 2 atom stereocenters. The van der Waals surface area contributed by atoms with Crippen molar-refractivity contribution < 1.29 is 37.3 Å². The Bertz CT molecular complexity index is 1900. The van der Waals surface area contributed by atoms with Crippen molar-refractivity contribution in [1.29, 1.82) is 0 Å². The topological polar surface area (TPSA) is 95.7 Å². The fraction of sp³-hybridized carbons (Fsp3) is 0.242. The Hall–Kier alpha value is -4.45. The van der Waals surface area contributed by atoms with Crippen LogP contribution in [0.15, 0.2) is 66.7 Å². The highest BCUT2D eigenvalue weighted by Crippen LogP contribution is 2.34. The maximum absolute atomic E-state index is 15.6. The van der Waals surface area contributed by atoms with Gasteiger partial charge in [0.25, 0.3) is 0 Å². The monoisotopic (exact) mass is 637 g/mol. The lowest BCUT2D eigenvalue weighted by molar-refractivity contribution is 0.0697. The highest BCUT2D eigenvalue weighted by atomic mass is 35.5. The number of fused-ring (bicyclic) bond motifs is 1. The van der Waals surface area contributed by atoms with Crippen LogP contribution in [0.25, 0.3) is 22.3 Å². The fourth-order valence-corrected chi connectivity index (χ4v) is 5.70. The third-order valence-corrected chi connectivity index (χ3v) is 8.00. The lowest BCUT2D eigenvalue weighted by Crippen LogP contribution is -2.23. The molecule has 1 saturated heterocycles. The van der Waals surface area contributed by atoms with Crippen molar-refractivity contribution in [2.75, 3.05) is 26.9 Å². The Balaban J connectivity index is 1.31. The molecule has 1 N–H and O–H groups in total. The normalized spacial score (nSPS) is 16.4. The first-order valence-electron chi connectivity index (χ1n) is 14.0. The fourth-order valence-electron chi connectivity index (χ4n) is 5.54. The molecule has 5 aromatic rings. The van der Waals surface area contributed by atoms with Gasteiger partial charge in [-0.25, -0.2) is 27.9 Å². The highest BCUT2D eigenvalue weighted by molar-refractivity contribution is 6.30. The summed E-state index contributed by atoms with van der Waals surface area (Å²) in [5.41, 5.74) is 1.52. The number of carboxylic acids is 1. The molecule has 45 heavy (non-hydrogen) atoms. The quantitative estimate of drug-likeness (QED) is 0.179. The van der Waals surface area contributed by atoms with Crippen LogP contribution in [-0.4, -0.2) is 52.5 Å². The average molecular weight is 638 g/mol. The first-order chi connectivity index (χ1) is 21.7. The van der Waals surface area contributed by atoms with E-state index < -0.39 is 23.4 Å². The van der Waals surface area contributed by atoms with Crippen molar-refractivity contribution in [3.05, 3.63) is 112 Å². The van der Waals surface area contributed by atoms with E-state index in [1.165, 1.54) is 42.5 Å². The molecule has 0 radical (unpaired) electrons. The number of hydrogen-bond donors (Lipinski definition) is 1. The maximum atomic E-state index is 15.6. The summed E-state index contributed by atoms with van der Waals surface area (Å²) >= 11 is 5.80. The van der Waals surface area contributed by atoms with Gasteiger partial charge < -0.3 is 23.9 Å². The molecule has 0 bridgehead atoms. The molecule has 1 aliphatic heterocycles. The van der Waals surface area contributed by atoms with Gasteiger partial charge in [-0.1, -0.05) is 23.7 Å². The average Bonchev–Trinajstić information content (AvgIpc) is 3.61. The summed E-state index contributed by atoms with van der Waals surface area (Å²) in [6.45, 7) is 1.01. The minimum absolute atomic E-state index is 0.0547. The summed E-state index contributed by atoms with van der Waals surface area (Å²) in [6.07, 6.45) is -0.0699. The van der Waals surface area contributed by atoms with E-state index in [9.17, 15) is 14.3 Å². The van der Waals surface area contributed by atoms with E-state index in [1.54, 1.807) is 19.2 Å². The summed E-state index contributed by atoms with van der Waals surface area (Å²) in [4.78, 5) is 20.7. The van der Waals surface area contributed by atoms with Gasteiger partial charge in [0.05, 0.1) is 48.2 Å². The second-order valence-corrected chi connectivity index (χ2v) is 11.1. The van der Waals surface area contributed by atoms with Gasteiger partial charge in [0.15, 0.2) is 0 Å². The third-order valence-electron chi connectivity index (χ3n) is 7.76. The van der Waals surface area contributed by atoms with E-state index in [1.807, 2.05) is 4.57 Å². The summed E-state index contributed by atoms with van der Waals surface area (Å²) in [7, 11) is 1.58. The molecular formula is C33H27ClF3N3O5. The highest BCUT2D eigenvalue weighted by Gasteiger charge is 2.33. The number of hydrogen-bond acceptors (Lipinski definition) is 6. The molecule has 0 saturated carbocycles. The van der Waals surface area contributed by atoms with Crippen LogP contribution < -0.4 is 4.74 Å².